The van der Waals surface area contributed by atoms with Gasteiger partial charge in [0.2, 0.25) is 0 Å². The molecule has 0 aliphatic carbocycles. The lowest BCUT2D eigenvalue weighted by molar-refractivity contribution is 1.18. The van der Waals surface area contributed by atoms with E-state index in [0.717, 1.165) is 0 Å². The van der Waals surface area contributed by atoms with Crippen LogP contribution in [-0.4, -0.2) is 9.13 Å². The molecule has 0 N–H and O–H groups in total. The van der Waals surface area contributed by atoms with Crippen LogP contribution >= 0.6 is 11.3 Å². The summed E-state index contributed by atoms with van der Waals surface area (Å²) in [6.45, 7) is 0. The summed E-state index contributed by atoms with van der Waals surface area (Å²) in [4.78, 5) is 0. The molecule has 0 saturated carbocycles. The van der Waals surface area contributed by atoms with E-state index in [1.807, 2.05) is 11.3 Å². The Morgan fingerprint density at radius 2 is 1.00 bits per heavy atom. The Bertz CT molecular complexity index is 2760. The summed E-state index contributed by atoms with van der Waals surface area (Å²) < 4.78 is 7.48. The van der Waals surface area contributed by atoms with Gasteiger partial charge in [0.1, 0.15) is 0 Å². The topological polar surface area (TPSA) is 9.86 Å². The number of aromatic nitrogens is 2. The molecule has 3 heteroatoms. The molecule has 3 aromatic heterocycles. The number of hydrogen-bond acceptors (Lipinski definition) is 1. The number of benzene rings is 7. The first-order valence-corrected chi connectivity index (χ1v) is 16.2. The molecule has 0 atom stereocenters. The van der Waals surface area contributed by atoms with Crippen LogP contribution in [0.2, 0.25) is 0 Å². The Kier molecular flexibility index (Phi) is 5.19. The molecular formula is C42H26N2S. The molecule has 3 heterocycles. The lowest BCUT2D eigenvalue weighted by Crippen LogP contribution is -1.93. The number of fused-ring (bicyclic) bond motifs is 9. The minimum absolute atomic E-state index is 1.18. The monoisotopic (exact) mass is 590 g/mol. The molecule has 0 spiro atoms. The van der Waals surface area contributed by atoms with Crippen molar-refractivity contribution in [3.8, 4) is 22.5 Å². The fraction of sp³-hybridized carbons (Fsp3) is 0. The maximum absolute atomic E-state index is 2.44. The standard InChI is InChI=1S/C42H26N2S/c1-2-11-28(12-3-1)43-36-17-7-4-13-31(36)34-25-27(21-23-38(34)43)30-16-10-19-39-42(30)33-15-5-8-18-37(33)44(39)29-22-24-41-35(26-29)32-14-6-9-20-40(32)45-41/h1-26H. The molecule has 0 bridgehead atoms. The Morgan fingerprint density at radius 1 is 0.356 bits per heavy atom. The molecule has 0 aliphatic rings. The summed E-state index contributed by atoms with van der Waals surface area (Å²) in [6, 6.07) is 57.7. The van der Waals surface area contributed by atoms with Crippen molar-refractivity contribution in [2.24, 2.45) is 0 Å². The maximum atomic E-state index is 2.44. The van der Waals surface area contributed by atoms with Crippen molar-refractivity contribution in [3.05, 3.63) is 158 Å². The van der Waals surface area contributed by atoms with E-state index in [-0.39, 0.29) is 0 Å². The first-order valence-electron chi connectivity index (χ1n) is 15.4. The third-order valence-corrected chi connectivity index (χ3v) is 10.5. The minimum atomic E-state index is 1.18. The molecule has 0 saturated heterocycles. The van der Waals surface area contributed by atoms with Gasteiger partial charge in [-0.05, 0) is 77.9 Å². The Balaban J connectivity index is 1.24. The molecule has 210 valence electrons. The van der Waals surface area contributed by atoms with Gasteiger partial charge in [-0.15, -0.1) is 11.3 Å². The molecule has 0 aliphatic heterocycles. The molecule has 0 unspecified atom stereocenters. The van der Waals surface area contributed by atoms with Gasteiger partial charge in [-0.25, -0.2) is 0 Å². The van der Waals surface area contributed by atoms with Crippen LogP contribution in [0.25, 0.3) is 86.3 Å². The highest BCUT2D eigenvalue weighted by molar-refractivity contribution is 7.25. The van der Waals surface area contributed by atoms with Gasteiger partial charge in [-0.2, -0.15) is 0 Å². The largest absolute Gasteiger partial charge is 0.309 e. The Labute approximate surface area is 263 Å². The highest BCUT2D eigenvalue weighted by Gasteiger charge is 2.18. The van der Waals surface area contributed by atoms with Crippen LogP contribution in [-0.2, 0) is 0 Å². The van der Waals surface area contributed by atoms with Crippen LogP contribution in [0.4, 0.5) is 0 Å². The second-order valence-corrected chi connectivity index (χ2v) is 12.8. The van der Waals surface area contributed by atoms with Crippen molar-refractivity contribution >= 4 is 75.1 Å². The number of nitrogens with zero attached hydrogens (tertiary/aromatic N) is 2. The zero-order valence-electron chi connectivity index (χ0n) is 24.3. The third kappa shape index (κ3) is 3.56. The predicted octanol–water partition coefficient (Wildman–Crippen LogP) is 11.9. The summed E-state index contributed by atoms with van der Waals surface area (Å²) in [5, 5.41) is 7.73. The van der Waals surface area contributed by atoms with E-state index < -0.39 is 0 Å². The van der Waals surface area contributed by atoms with Crippen molar-refractivity contribution in [1.29, 1.82) is 0 Å². The summed E-state index contributed by atoms with van der Waals surface area (Å²) in [5.41, 5.74) is 9.74. The van der Waals surface area contributed by atoms with Crippen LogP contribution < -0.4 is 0 Å². The van der Waals surface area contributed by atoms with Gasteiger partial charge in [0.15, 0.2) is 0 Å². The third-order valence-electron chi connectivity index (χ3n) is 9.31. The predicted molar refractivity (Wildman–Crippen MR) is 193 cm³/mol. The average molecular weight is 591 g/mol. The second kappa shape index (κ2) is 9.43. The van der Waals surface area contributed by atoms with Crippen LogP contribution in [0, 0.1) is 0 Å². The SMILES string of the molecule is c1ccc(-n2c3ccccc3c3cc(-c4cccc5c4c4ccccc4n5-c4ccc5sc6ccccc6c5c4)ccc32)cc1. The Hall–Kier alpha value is -5.64. The summed E-state index contributed by atoms with van der Waals surface area (Å²) in [7, 11) is 0. The van der Waals surface area contributed by atoms with Crippen molar-refractivity contribution in [1.82, 2.24) is 9.13 Å². The first kappa shape index (κ1) is 24.8. The Morgan fingerprint density at radius 3 is 1.87 bits per heavy atom. The van der Waals surface area contributed by atoms with E-state index in [2.05, 4.69) is 167 Å². The molecular weight excluding hydrogens is 565 g/mol. The van der Waals surface area contributed by atoms with E-state index in [0.29, 0.717) is 0 Å². The van der Waals surface area contributed by atoms with Crippen LogP contribution in [0.15, 0.2) is 158 Å². The van der Waals surface area contributed by atoms with Gasteiger partial charge >= 0.3 is 0 Å². The zero-order chi connectivity index (χ0) is 29.5. The second-order valence-electron chi connectivity index (χ2n) is 11.8. The normalized spacial score (nSPS) is 12.0. The molecule has 10 rings (SSSR count). The van der Waals surface area contributed by atoms with Gasteiger partial charge < -0.3 is 9.13 Å². The van der Waals surface area contributed by atoms with E-state index in [4.69, 9.17) is 0 Å². The number of thiophene rings is 1. The van der Waals surface area contributed by atoms with Gasteiger partial charge in [0.05, 0.1) is 22.1 Å². The van der Waals surface area contributed by atoms with Crippen molar-refractivity contribution in [2.75, 3.05) is 0 Å². The van der Waals surface area contributed by atoms with E-state index >= 15 is 0 Å². The van der Waals surface area contributed by atoms with Crippen LogP contribution in [0.5, 0.6) is 0 Å². The number of rotatable bonds is 3. The molecule has 0 fully saturated rings. The quantitative estimate of drug-likeness (QED) is 0.194. The highest BCUT2D eigenvalue weighted by Crippen LogP contribution is 2.42. The van der Waals surface area contributed by atoms with E-state index in [9.17, 15) is 0 Å². The summed E-state index contributed by atoms with van der Waals surface area (Å²) in [5.74, 6) is 0. The van der Waals surface area contributed by atoms with Crippen molar-refractivity contribution < 1.29 is 0 Å². The lowest BCUT2D eigenvalue weighted by atomic mass is 9.98. The lowest BCUT2D eigenvalue weighted by Gasteiger charge is -2.10. The molecule has 0 amide bonds. The highest BCUT2D eigenvalue weighted by atomic mass is 32.1. The van der Waals surface area contributed by atoms with Crippen LogP contribution in [0.1, 0.15) is 0 Å². The molecule has 45 heavy (non-hydrogen) atoms. The molecule has 2 nitrogen and oxygen atoms in total. The van der Waals surface area contributed by atoms with Crippen molar-refractivity contribution in [3.63, 3.8) is 0 Å². The fourth-order valence-electron chi connectivity index (χ4n) is 7.39. The van der Waals surface area contributed by atoms with Crippen molar-refractivity contribution in [2.45, 2.75) is 0 Å². The number of para-hydroxylation sites is 3. The minimum Gasteiger partial charge on any atom is -0.309 e. The maximum Gasteiger partial charge on any atom is 0.0547 e. The summed E-state index contributed by atoms with van der Waals surface area (Å²) in [6.07, 6.45) is 0. The smallest absolute Gasteiger partial charge is 0.0547 e. The van der Waals surface area contributed by atoms with Crippen LogP contribution in [0.3, 0.4) is 0 Å². The van der Waals surface area contributed by atoms with Gasteiger partial charge in [-0.1, -0.05) is 91.0 Å². The molecule has 0 radical (unpaired) electrons. The molecule has 10 aromatic rings. The van der Waals surface area contributed by atoms with E-state index in [1.165, 1.54) is 86.3 Å². The fourth-order valence-corrected chi connectivity index (χ4v) is 8.47. The van der Waals surface area contributed by atoms with Gasteiger partial charge in [0.25, 0.3) is 0 Å². The summed E-state index contributed by atoms with van der Waals surface area (Å²) >= 11 is 1.87. The first-order chi connectivity index (χ1) is 22.3. The average Bonchev–Trinajstić information content (AvgIpc) is 3.76. The van der Waals surface area contributed by atoms with Gasteiger partial charge in [0, 0.05) is 53.1 Å². The number of hydrogen-bond donors (Lipinski definition) is 0. The molecule has 7 aromatic carbocycles. The zero-order valence-corrected chi connectivity index (χ0v) is 25.1. The van der Waals surface area contributed by atoms with E-state index in [1.54, 1.807) is 0 Å². The van der Waals surface area contributed by atoms with Gasteiger partial charge in [-0.3, -0.25) is 0 Å².